The first-order chi connectivity index (χ1) is 16.0. The SMILES string of the molecule is C/C(=C(/C#N)SN)c1ccc2cc(N3CCN(C)CC3)ccc2c1.CC(C)CCOC(C)(C)C. The largest absolute Gasteiger partial charge is 0.376 e. The van der Waals surface area contributed by atoms with Crippen LogP contribution in [0, 0.1) is 17.2 Å². The summed E-state index contributed by atoms with van der Waals surface area (Å²) < 4.78 is 5.54. The number of hydrogen-bond acceptors (Lipinski definition) is 6. The maximum Gasteiger partial charge on any atom is 0.108 e. The van der Waals surface area contributed by atoms with Crippen LogP contribution in [-0.4, -0.2) is 50.3 Å². The van der Waals surface area contributed by atoms with E-state index in [9.17, 15) is 0 Å². The van der Waals surface area contributed by atoms with Crippen LogP contribution in [0.4, 0.5) is 5.69 Å². The second-order valence-corrected chi connectivity index (χ2v) is 11.0. The lowest BCUT2D eigenvalue weighted by Crippen LogP contribution is -2.44. The van der Waals surface area contributed by atoms with E-state index in [-0.39, 0.29) is 5.60 Å². The van der Waals surface area contributed by atoms with Crippen LogP contribution < -0.4 is 10.0 Å². The van der Waals surface area contributed by atoms with Crippen LogP contribution in [0.25, 0.3) is 16.3 Å². The number of allylic oxidation sites excluding steroid dienone is 2. The Balaban J connectivity index is 0.000000347. The van der Waals surface area contributed by atoms with E-state index in [0.29, 0.717) is 4.91 Å². The standard InChI is InChI=1S/C19H22N4S.C9H20O/c1-14(19(13-20)24-21)15-3-4-17-12-18(6-5-16(17)11-15)23-9-7-22(2)8-10-23;1-8(2)6-7-10-9(3,4)5/h3-6,11-12H,7-10,21H2,1-2H3;8H,6-7H2,1-5H3/b19-14+;. The number of nitrogens with zero attached hydrogens (tertiary/aromatic N) is 3. The smallest absolute Gasteiger partial charge is 0.108 e. The van der Waals surface area contributed by atoms with Gasteiger partial charge in [0.1, 0.15) is 11.0 Å². The molecule has 0 aliphatic carbocycles. The minimum Gasteiger partial charge on any atom is -0.376 e. The van der Waals surface area contributed by atoms with E-state index in [1.165, 1.54) is 16.5 Å². The fourth-order valence-corrected chi connectivity index (χ4v) is 4.01. The van der Waals surface area contributed by atoms with Crippen molar-refractivity contribution in [2.45, 2.75) is 53.6 Å². The molecule has 2 N–H and O–H groups in total. The maximum atomic E-state index is 9.15. The number of hydrogen-bond donors (Lipinski definition) is 1. The van der Waals surface area contributed by atoms with E-state index in [1.807, 2.05) is 6.92 Å². The zero-order valence-electron chi connectivity index (χ0n) is 22.0. The molecule has 34 heavy (non-hydrogen) atoms. The summed E-state index contributed by atoms with van der Waals surface area (Å²) in [4.78, 5) is 5.36. The van der Waals surface area contributed by atoms with Crippen LogP contribution in [0.5, 0.6) is 0 Å². The van der Waals surface area contributed by atoms with Crippen LogP contribution in [0.3, 0.4) is 0 Å². The molecule has 186 valence electrons. The lowest BCUT2D eigenvalue weighted by molar-refractivity contribution is -0.00774. The zero-order chi connectivity index (χ0) is 25.3. The molecule has 0 amide bonds. The van der Waals surface area contributed by atoms with Crippen LogP contribution in [0.1, 0.15) is 53.5 Å². The van der Waals surface area contributed by atoms with Crippen molar-refractivity contribution in [2.75, 3.05) is 44.7 Å². The summed E-state index contributed by atoms with van der Waals surface area (Å²) in [5.74, 6) is 0.752. The molecule has 0 bridgehead atoms. The lowest BCUT2D eigenvalue weighted by atomic mass is 10.0. The first-order valence-corrected chi connectivity index (χ1v) is 13.0. The van der Waals surface area contributed by atoms with Crippen molar-refractivity contribution in [3.8, 4) is 6.07 Å². The van der Waals surface area contributed by atoms with Gasteiger partial charge in [0.15, 0.2) is 0 Å². The molecular formula is C28H42N4OS. The molecule has 1 saturated heterocycles. The first kappa shape index (κ1) is 28.2. The summed E-state index contributed by atoms with van der Waals surface area (Å²) >= 11 is 1.01. The summed E-state index contributed by atoms with van der Waals surface area (Å²) in [5, 5.41) is 17.1. The van der Waals surface area contributed by atoms with Gasteiger partial charge in [-0.1, -0.05) is 32.0 Å². The molecule has 0 unspecified atom stereocenters. The van der Waals surface area contributed by atoms with Crippen molar-refractivity contribution in [2.24, 2.45) is 11.1 Å². The van der Waals surface area contributed by atoms with Gasteiger partial charge in [-0.25, -0.2) is 0 Å². The summed E-state index contributed by atoms with van der Waals surface area (Å²) in [5.41, 5.74) is 3.29. The van der Waals surface area contributed by atoms with E-state index >= 15 is 0 Å². The van der Waals surface area contributed by atoms with Crippen LogP contribution >= 0.6 is 11.9 Å². The monoisotopic (exact) mass is 482 g/mol. The van der Waals surface area contributed by atoms with Gasteiger partial charge < -0.3 is 14.5 Å². The molecule has 3 rings (SSSR count). The van der Waals surface area contributed by atoms with Crippen LogP contribution in [-0.2, 0) is 4.74 Å². The average Bonchev–Trinajstić information content (AvgIpc) is 2.79. The molecule has 0 atom stereocenters. The fourth-order valence-electron chi connectivity index (χ4n) is 3.66. The van der Waals surface area contributed by atoms with E-state index in [0.717, 1.165) is 68.2 Å². The third kappa shape index (κ3) is 8.96. The van der Waals surface area contributed by atoms with Gasteiger partial charge in [0.25, 0.3) is 0 Å². The van der Waals surface area contributed by atoms with Crippen LogP contribution in [0.2, 0.25) is 0 Å². The fraction of sp³-hybridized carbons (Fsp3) is 0.536. The first-order valence-electron chi connectivity index (χ1n) is 12.1. The number of benzene rings is 2. The van der Waals surface area contributed by atoms with E-state index < -0.39 is 0 Å². The van der Waals surface area contributed by atoms with Crippen molar-refractivity contribution in [1.82, 2.24) is 4.90 Å². The van der Waals surface area contributed by atoms with Gasteiger partial charge in [0.05, 0.1) is 5.60 Å². The van der Waals surface area contributed by atoms with Gasteiger partial charge in [0.2, 0.25) is 0 Å². The van der Waals surface area contributed by atoms with E-state index in [2.05, 4.69) is 93.9 Å². The molecule has 1 heterocycles. The number of ether oxygens (including phenoxy) is 1. The molecule has 5 nitrogen and oxygen atoms in total. The van der Waals surface area contributed by atoms with Crippen molar-refractivity contribution in [3.63, 3.8) is 0 Å². The van der Waals surface area contributed by atoms with Gasteiger partial charge in [-0.2, -0.15) is 5.26 Å². The van der Waals surface area contributed by atoms with Gasteiger partial charge in [-0.15, -0.1) is 0 Å². The molecule has 2 aromatic carbocycles. The summed E-state index contributed by atoms with van der Waals surface area (Å²) in [6.07, 6.45) is 1.16. The Kier molecular flexibility index (Phi) is 10.9. The minimum absolute atomic E-state index is 0.0366. The van der Waals surface area contributed by atoms with Gasteiger partial charge in [0, 0.05) is 38.5 Å². The quantitative estimate of drug-likeness (QED) is 0.385. The number of piperazine rings is 1. The lowest BCUT2D eigenvalue weighted by Gasteiger charge is -2.34. The minimum atomic E-state index is 0.0366. The highest BCUT2D eigenvalue weighted by molar-refractivity contribution is 8.01. The Hall–Kier alpha value is -2.04. The molecule has 1 fully saturated rings. The van der Waals surface area contributed by atoms with Gasteiger partial charge in [-0.3, -0.25) is 5.14 Å². The van der Waals surface area contributed by atoms with Crippen molar-refractivity contribution in [1.29, 1.82) is 5.26 Å². The molecule has 0 radical (unpaired) electrons. The van der Waals surface area contributed by atoms with Crippen LogP contribution in [0.15, 0.2) is 41.3 Å². The second kappa shape index (κ2) is 13.2. The highest BCUT2D eigenvalue weighted by atomic mass is 32.2. The highest BCUT2D eigenvalue weighted by Gasteiger charge is 2.14. The van der Waals surface area contributed by atoms with Gasteiger partial charge >= 0.3 is 0 Å². The Morgan fingerprint density at radius 2 is 1.71 bits per heavy atom. The summed E-state index contributed by atoms with van der Waals surface area (Å²) in [6.45, 7) is 17.9. The topological polar surface area (TPSA) is 65.5 Å². The van der Waals surface area contributed by atoms with Crippen molar-refractivity contribution < 1.29 is 4.74 Å². The molecule has 0 saturated carbocycles. The number of fused-ring (bicyclic) bond motifs is 1. The second-order valence-electron chi connectivity index (χ2n) is 10.4. The molecule has 6 heteroatoms. The average molecular weight is 483 g/mol. The highest BCUT2D eigenvalue weighted by Crippen LogP contribution is 2.28. The molecule has 0 aromatic heterocycles. The molecule has 0 spiro atoms. The molecule has 1 aliphatic rings. The Morgan fingerprint density at radius 3 is 2.26 bits per heavy atom. The number of anilines is 1. The molecular weight excluding hydrogens is 440 g/mol. The number of rotatable bonds is 6. The predicted molar refractivity (Wildman–Crippen MR) is 149 cm³/mol. The molecule has 2 aromatic rings. The van der Waals surface area contributed by atoms with E-state index in [4.69, 9.17) is 15.1 Å². The Bertz CT molecular complexity index is 996. The zero-order valence-corrected chi connectivity index (χ0v) is 22.8. The number of nitrogens with two attached hydrogens (primary N) is 1. The maximum absolute atomic E-state index is 9.15. The van der Waals surface area contributed by atoms with Crippen molar-refractivity contribution in [3.05, 3.63) is 46.9 Å². The summed E-state index contributed by atoms with van der Waals surface area (Å²) in [6, 6.07) is 15.1. The number of likely N-dealkylation sites (N-methyl/N-ethyl adjacent to an activating group) is 1. The van der Waals surface area contributed by atoms with E-state index in [1.54, 1.807) is 0 Å². The number of nitriles is 1. The normalized spacial score (nSPS) is 15.6. The Morgan fingerprint density at radius 1 is 1.09 bits per heavy atom. The van der Waals surface area contributed by atoms with Gasteiger partial charge in [-0.05, 0) is 99.1 Å². The third-order valence-corrected chi connectivity index (χ3v) is 6.55. The predicted octanol–water partition coefficient (Wildman–Crippen LogP) is 6.30. The Labute approximate surface area is 211 Å². The summed E-state index contributed by atoms with van der Waals surface area (Å²) in [7, 11) is 2.17. The van der Waals surface area contributed by atoms with Crippen molar-refractivity contribution >= 4 is 34.0 Å². The third-order valence-electron chi connectivity index (χ3n) is 5.92. The molecule has 1 aliphatic heterocycles.